The van der Waals surface area contributed by atoms with E-state index in [0.717, 1.165) is 0 Å². The minimum absolute atomic E-state index is 0.136. The number of anilines is 2. The maximum atomic E-state index is 12.3. The predicted octanol–water partition coefficient (Wildman–Crippen LogP) is 2.44. The summed E-state index contributed by atoms with van der Waals surface area (Å²) in [5, 5.41) is 16.4. The largest absolute Gasteiger partial charge is 0.482 e. The van der Waals surface area contributed by atoms with E-state index in [4.69, 9.17) is 4.74 Å². The number of rotatable bonds is 7. The summed E-state index contributed by atoms with van der Waals surface area (Å²) in [4.78, 5) is 34.0. The molecule has 0 aliphatic heterocycles. The number of ether oxygens (including phenoxy) is 2. The molecule has 2 rings (SSSR count). The fraction of sp³-hybridized carbons (Fsp3) is 0.176. The Morgan fingerprint density at radius 2 is 1.96 bits per heavy atom. The third kappa shape index (κ3) is 4.69. The van der Waals surface area contributed by atoms with Crippen molar-refractivity contribution < 1.29 is 24.0 Å². The monoisotopic (exact) mass is 359 g/mol. The van der Waals surface area contributed by atoms with E-state index < -0.39 is 16.8 Å². The first-order chi connectivity index (χ1) is 12.4. The molecule has 0 bridgehead atoms. The van der Waals surface area contributed by atoms with Crippen LogP contribution in [-0.4, -0.2) is 37.6 Å². The maximum Gasteiger partial charge on any atom is 0.343 e. The van der Waals surface area contributed by atoms with E-state index >= 15 is 0 Å². The van der Waals surface area contributed by atoms with Crippen molar-refractivity contribution in [3.8, 4) is 5.75 Å². The van der Waals surface area contributed by atoms with Gasteiger partial charge in [-0.2, -0.15) is 0 Å². The molecule has 0 atom stereocenters. The molecule has 9 nitrogen and oxygen atoms in total. The fourth-order valence-corrected chi connectivity index (χ4v) is 2.10. The first-order valence-corrected chi connectivity index (χ1v) is 7.52. The number of nitrogens with zero attached hydrogens (tertiary/aromatic N) is 1. The second-order valence-electron chi connectivity index (χ2n) is 5.09. The Bertz CT molecular complexity index is 837. The molecule has 2 aromatic rings. The van der Waals surface area contributed by atoms with E-state index in [1.165, 1.54) is 31.4 Å². The molecule has 136 valence electrons. The molecular formula is C17H17N3O6. The van der Waals surface area contributed by atoms with Crippen LogP contribution in [-0.2, 0) is 9.53 Å². The van der Waals surface area contributed by atoms with E-state index in [9.17, 15) is 19.7 Å². The van der Waals surface area contributed by atoms with Gasteiger partial charge in [-0.05, 0) is 24.3 Å². The Hall–Kier alpha value is -3.62. The van der Waals surface area contributed by atoms with Crippen LogP contribution in [0, 0.1) is 10.1 Å². The predicted molar refractivity (Wildman–Crippen MR) is 94.5 cm³/mol. The Morgan fingerprint density at radius 3 is 2.62 bits per heavy atom. The summed E-state index contributed by atoms with van der Waals surface area (Å²) in [5.41, 5.74) is 0.661. The average molecular weight is 359 g/mol. The average Bonchev–Trinajstić information content (AvgIpc) is 2.65. The second kappa shape index (κ2) is 8.47. The number of carbonyl (C=O) groups is 2. The lowest BCUT2D eigenvalue weighted by atomic mass is 10.1. The smallest absolute Gasteiger partial charge is 0.343 e. The zero-order valence-corrected chi connectivity index (χ0v) is 14.1. The molecule has 0 aliphatic rings. The molecule has 9 heteroatoms. The summed E-state index contributed by atoms with van der Waals surface area (Å²) in [6, 6.07) is 10.5. The van der Waals surface area contributed by atoms with Gasteiger partial charge in [0.15, 0.2) is 6.61 Å². The Morgan fingerprint density at radius 1 is 1.19 bits per heavy atom. The number of esters is 1. The van der Waals surface area contributed by atoms with Gasteiger partial charge in [0.2, 0.25) is 0 Å². The van der Waals surface area contributed by atoms with Crippen molar-refractivity contribution in [1.29, 1.82) is 0 Å². The van der Waals surface area contributed by atoms with Gasteiger partial charge in [-0.1, -0.05) is 6.07 Å². The van der Waals surface area contributed by atoms with E-state index in [1.807, 2.05) is 0 Å². The van der Waals surface area contributed by atoms with E-state index in [2.05, 4.69) is 15.4 Å². The van der Waals surface area contributed by atoms with Gasteiger partial charge in [-0.3, -0.25) is 14.9 Å². The summed E-state index contributed by atoms with van der Waals surface area (Å²) in [6.07, 6.45) is 0. The normalized spacial score (nSPS) is 9.92. The molecule has 0 fully saturated rings. The fourth-order valence-electron chi connectivity index (χ4n) is 2.10. The standard InChI is InChI=1S/C17H17N3O6/c1-18-14-7-6-11(8-15(14)20(23)24)17(22)19-12-4-3-5-13(9-12)26-10-16(21)25-2/h3-9,18H,10H2,1-2H3,(H,19,22). The highest BCUT2D eigenvalue weighted by Crippen LogP contribution is 2.26. The lowest BCUT2D eigenvalue weighted by Gasteiger charge is -2.09. The van der Waals surface area contributed by atoms with Crippen molar-refractivity contribution in [2.45, 2.75) is 0 Å². The lowest BCUT2D eigenvalue weighted by Crippen LogP contribution is -2.14. The highest BCUT2D eigenvalue weighted by molar-refractivity contribution is 6.05. The van der Waals surface area contributed by atoms with Crippen LogP contribution in [0.1, 0.15) is 10.4 Å². The van der Waals surface area contributed by atoms with E-state index in [0.29, 0.717) is 17.1 Å². The lowest BCUT2D eigenvalue weighted by molar-refractivity contribution is -0.384. The van der Waals surface area contributed by atoms with Gasteiger partial charge >= 0.3 is 5.97 Å². The summed E-state index contributed by atoms with van der Waals surface area (Å²) < 4.78 is 9.72. The second-order valence-corrected chi connectivity index (χ2v) is 5.09. The van der Waals surface area contributed by atoms with Crippen molar-refractivity contribution in [2.75, 3.05) is 31.4 Å². The minimum Gasteiger partial charge on any atom is -0.482 e. The van der Waals surface area contributed by atoms with Crippen molar-refractivity contribution in [3.05, 3.63) is 58.1 Å². The van der Waals surface area contributed by atoms with E-state index in [-0.39, 0.29) is 17.9 Å². The van der Waals surface area contributed by atoms with Crippen LogP contribution in [0.4, 0.5) is 17.1 Å². The number of hydrogen-bond acceptors (Lipinski definition) is 7. The summed E-state index contributed by atoms with van der Waals surface area (Å²) in [7, 11) is 2.81. The number of benzene rings is 2. The molecular weight excluding hydrogens is 342 g/mol. The number of carbonyl (C=O) groups excluding carboxylic acids is 2. The molecule has 0 saturated heterocycles. The number of methoxy groups -OCH3 is 1. The van der Waals surface area contributed by atoms with Gasteiger partial charge in [0.05, 0.1) is 12.0 Å². The SMILES string of the molecule is CNc1ccc(C(=O)Nc2cccc(OCC(=O)OC)c2)cc1[N+](=O)[O-]. The maximum absolute atomic E-state index is 12.3. The molecule has 0 saturated carbocycles. The van der Waals surface area contributed by atoms with Crippen LogP contribution < -0.4 is 15.4 Å². The van der Waals surface area contributed by atoms with Gasteiger partial charge in [0.25, 0.3) is 11.6 Å². The highest BCUT2D eigenvalue weighted by atomic mass is 16.6. The number of nitro benzene ring substituents is 1. The molecule has 0 unspecified atom stereocenters. The zero-order chi connectivity index (χ0) is 19.1. The van der Waals surface area contributed by atoms with Crippen molar-refractivity contribution in [2.24, 2.45) is 0 Å². The van der Waals surface area contributed by atoms with Gasteiger partial charge in [0.1, 0.15) is 11.4 Å². The van der Waals surface area contributed by atoms with Crippen LogP contribution in [0.5, 0.6) is 5.75 Å². The van der Waals surface area contributed by atoms with Gasteiger partial charge < -0.3 is 20.1 Å². The molecule has 0 spiro atoms. The quantitative estimate of drug-likeness (QED) is 0.442. The van der Waals surface area contributed by atoms with Crippen LogP contribution in [0.3, 0.4) is 0 Å². The number of nitro groups is 1. The van der Waals surface area contributed by atoms with Gasteiger partial charge in [-0.25, -0.2) is 4.79 Å². The Labute approximate surface area is 149 Å². The molecule has 2 aromatic carbocycles. The number of amides is 1. The van der Waals surface area contributed by atoms with Crippen molar-refractivity contribution in [3.63, 3.8) is 0 Å². The molecule has 1 amide bonds. The topological polar surface area (TPSA) is 120 Å². The van der Waals surface area contributed by atoms with Gasteiger partial charge in [-0.15, -0.1) is 0 Å². The van der Waals surface area contributed by atoms with Crippen LogP contribution in [0.15, 0.2) is 42.5 Å². The third-order valence-electron chi connectivity index (χ3n) is 3.40. The minimum atomic E-state index is -0.566. The third-order valence-corrected chi connectivity index (χ3v) is 3.40. The first kappa shape index (κ1) is 18.7. The van der Waals surface area contributed by atoms with Crippen LogP contribution >= 0.6 is 0 Å². The molecule has 0 aromatic heterocycles. The van der Waals surface area contributed by atoms with Crippen LogP contribution in [0.25, 0.3) is 0 Å². The van der Waals surface area contributed by atoms with Gasteiger partial charge in [0, 0.05) is 30.4 Å². The van der Waals surface area contributed by atoms with Crippen LogP contribution in [0.2, 0.25) is 0 Å². The summed E-state index contributed by atoms with van der Waals surface area (Å²) >= 11 is 0. The molecule has 26 heavy (non-hydrogen) atoms. The van der Waals surface area contributed by atoms with E-state index in [1.54, 1.807) is 25.2 Å². The molecule has 2 N–H and O–H groups in total. The summed E-state index contributed by atoms with van der Waals surface area (Å²) in [6.45, 7) is -0.258. The summed E-state index contributed by atoms with van der Waals surface area (Å²) in [5.74, 6) is -0.679. The Balaban J connectivity index is 2.13. The number of hydrogen-bond donors (Lipinski definition) is 2. The van der Waals surface area contributed by atoms with Crippen molar-refractivity contribution >= 4 is 28.9 Å². The molecule has 0 heterocycles. The first-order valence-electron chi connectivity index (χ1n) is 7.52. The molecule has 0 aliphatic carbocycles. The molecule has 0 radical (unpaired) electrons. The zero-order valence-electron chi connectivity index (χ0n) is 14.1. The number of nitrogens with one attached hydrogen (secondary N) is 2. The van der Waals surface area contributed by atoms with Crippen molar-refractivity contribution in [1.82, 2.24) is 0 Å². The Kier molecular flexibility index (Phi) is 6.10. The highest BCUT2D eigenvalue weighted by Gasteiger charge is 2.17.